The third-order valence-corrected chi connectivity index (χ3v) is 3.37. The van der Waals surface area contributed by atoms with Crippen LogP contribution in [0.15, 0.2) is 0 Å². The van der Waals surface area contributed by atoms with Crippen molar-refractivity contribution in [3.63, 3.8) is 0 Å². The first kappa shape index (κ1) is 8.96. The highest BCUT2D eigenvalue weighted by atomic mass is 32.2. The van der Waals surface area contributed by atoms with E-state index in [1.165, 1.54) is 0 Å². The Balaban J connectivity index is 2.70. The topological polar surface area (TPSA) is 74.6 Å². The smallest absolute Gasteiger partial charge is 0.270 e. The molecule has 0 unspecified atom stereocenters. The molecule has 4 nitrogen and oxygen atoms in total. The molecule has 0 bridgehead atoms. The number of aliphatic hydroxyl groups is 1. The zero-order valence-corrected chi connectivity index (χ0v) is 6.92. The van der Waals surface area contributed by atoms with E-state index in [0.717, 1.165) is 12.8 Å². The molecule has 11 heavy (non-hydrogen) atoms. The lowest BCUT2D eigenvalue weighted by Gasteiger charge is -2.24. The molecule has 0 radical (unpaired) electrons. The van der Waals surface area contributed by atoms with Crippen molar-refractivity contribution in [1.82, 2.24) is 0 Å². The standard InChI is InChI=1S/C6H12O4S/c7-5-3-1-2-4-6(5)11(8,9)10/h5-7H,1-4H2,(H,8,9,10)/t5-,6+/m0/s1. The Kier molecular flexibility index (Phi) is 2.51. The molecule has 1 aliphatic carbocycles. The molecular weight excluding hydrogens is 168 g/mol. The predicted octanol–water partition coefficient (Wildman–Crippen LogP) is 0.178. The van der Waals surface area contributed by atoms with Gasteiger partial charge in [0, 0.05) is 0 Å². The summed E-state index contributed by atoms with van der Waals surface area (Å²) < 4.78 is 29.8. The highest BCUT2D eigenvalue weighted by molar-refractivity contribution is 7.86. The third-order valence-electron chi connectivity index (χ3n) is 2.05. The van der Waals surface area contributed by atoms with Gasteiger partial charge in [-0.3, -0.25) is 4.55 Å². The van der Waals surface area contributed by atoms with E-state index in [2.05, 4.69) is 0 Å². The summed E-state index contributed by atoms with van der Waals surface area (Å²) in [4.78, 5) is 0. The van der Waals surface area contributed by atoms with Crippen molar-refractivity contribution >= 4 is 10.1 Å². The fourth-order valence-corrected chi connectivity index (χ4v) is 2.42. The molecule has 1 rings (SSSR count). The zero-order chi connectivity index (χ0) is 8.48. The van der Waals surface area contributed by atoms with Crippen LogP contribution in [0.4, 0.5) is 0 Å². The Bertz CT molecular complexity index is 221. The van der Waals surface area contributed by atoms with Gasteiger partial charge in [-0.25, -0.2) is 0 Å². The van der Waals surface area contributed by atoms with E-state index in [1.807, 2.05) is 0 Å². The number of hydrogen-bond acceptors (Lipinski definition) is 3. The van der Waals surface area contributed by atoms with E-state index in [4.69, 9.17) is 9.66 Å². The fourth-order valence-electron chi connectivity index (χ4n) is 1.42. The van der Waals surface area contributed by atoms with Gasteiger partial charge in [0.2, 0.25) is 0 Å². The van der Waals surface area contributed by atoms with Gasteiger partial charge in [-0.2, -0.15) is 8.42 Å². The van der Waals surface area contributed by atoms with Crippen LogP contribution in [0, 0.1) is 0 Å². The van der Waals surface area contributed by atoms with Crippen molar-refractivity contribution < 1.29 is 18.1 Å². The minimum absolute atomic E-state index is 0.375. The molecule has 1 aliphatic rings. The Morgan fingerprint density at radius 1 is 1.18 bits per heavy atom. The van der Waals surface area contributed by atoms with Gasteiger partial charge in [0.1, 0.15) is 5.25 Å². The van der Waals surface area contributed by atoms with E-state index in [1.54, 1.807) is 0 Å². The summed E-state index contributed by atoms with van der Waals surface area (Å²) in [7, 11) is -4.03. The molecule has 2 atom stereocenters. The van der Waals surface area contributed by atoms with Gasteiger partial charge in [-0.15, -0.1) is 0 Å². The van der Waals surface area contributed by atoms with Crippen LogP contribution < -0.4 is 0 Å². The zero-order valence-electron chi connectivity index (χ0n) is 6.10. The molecule has 66 valence electrons. The lowest BCUT2D eigenvalue weighted by atomic mass is 9.97. The van der Waals surface area contributed by atoms with Crippen LogP contribution in [0.3, 0.4) is 0 Å². The summed E-state index contributed by atoms with van der Waals surface area (Å²) in [6, 6.07) is 0. The quantitative estimate of drug-likeness (QED) is 0.564. The summed E-state index contributed by atoms with van der Waals surface area (Å²) >= 11 is 0. The summed E-state index contributed by atoms with van der Waals surface area (Å²) in [6.07, 6.45) is 1.58. The van der Waals surface area contributed by atoms with Crippen molar-refractivity contribution in [1.29, 1.82) is 0 Å². The normalized spacial score (nSPS) is 33.6. The monoisotopic (exact) mass is 180 g/mol. The average molecular weight is 180 g/mol. The van der Waals surface area contributed by atoms with Crippen molar-refractivity contribution in [2.45, 2.75) is 37.0 Å². The van der Waals surface area contributed by atoms with Crippen molar-refractivity contribution in [2.75, 3.05) is 0 Å². The van der Waals surface area contributed by atoms with E-state index < -0.39 is 21.5 Å². The van der Waals surface area contributed by atoms with Gasteiger partial charge in [-0.1, -0.05) is 12.8 Å². The maximum atomic E-state index is 10.6. The lowest BCUT2D eigenvalue weighted by molar-refractivity contribution is 0.130. The van der Waals surface area contributed by atoms with Crippen LogP contribution in [0.5, 0.6) is 0 Å². The van der Waals surface area contributed by atoms with E-state index in [0.29, 0.717) is 12.8 Å². The molecule has 0 saturated heterocycles. The van der Waals surface area contributed by atoms with Crippen LogP contribution in [-0.2, 0) is 10.1 Å². The highest BCUT2D eigenvalue weighted by Gasteiger charge is 2.32. The van der Waals surface area contributed by atoms with Crippen molar-refractivity contribution in [3.8, 4) is 0 Å². The molecule has 0 heterocycles. The van der Waals surface area contributed by atoms with Crippen LogP contribution in [0.1, 0.15) is 25.7 Å². The summed E-state index contributed by atoms with van der Waals surface area (Å²) in [5.74, 6) is 0. The second-order valence-electron chi connectivity index (χ2n) is 2.91. The van der Waals surface area contributed by atoms with E-state index >= 15 is 0 Å². The molecule has 0 amide bonds. The molecule has 2 N–H and O–H groups in total. The molecule has 0 aromatic carbocycles. The van der Waals surface area contributed by atoms with Crippen LogP contribution in [-0.4, -0.2) is 29.4 Å². The lowest BCUT2D eigenvalue weighted by Crippen LogP contribution is -2.36. The van der Waals surface area contributed by atoms with Gasteiger partial charge in [0.15, 0.2) is 0 Å². The number of rotatable bonds is 1. The molecule has 5 heteroatoms. The molecule has 0 aromatic heterocycles. The third kappa shape index (κ3) is 2.15. The summed E-state index contributed by atoms with van der Waals surface area (Å²) in [5, 5.41) is 8.22. The maximum absolute atomic E-state index is 10.6. The number of aliphatic hydroxyl groups excluding tert-OH is 1. The maximum Gasteiger partial charge on any atom is 0.270 e. The van der Waals surface area contributed by atoms with E-state index in [9.17, 15) is 8.42 Å². The first-order valence-corrected chi connectivity index (χ1v) is 5.16. The van der Waals surface area contributed by atoms with Crippen molar-refractivity contribution in [2.24, 2.45) is 0 Å². The first-order chi connectivity index (χ1) is 5.02. The predicted molar refractivity (Wildman–Crippen MR) is 39.8 cm³/mol. The molecular formula is C6H12O4S. The Morgan fingerprint density at radius 2 is 1.73 bits per heavy atom. The van der Waals surface area contributed by atoms with Gasteiger partial charge in [0.05, 0.1) is 6.10 Å². The Hall–Kier alpha value is -0.130. The Labute approximate surface area is 66.0 Å². The molecule has 0 spiro atoms. The van der Waals surface area contributed by atoms with Crippen LogP contribution in [0.25, 0.3) is 0 Å². The molecule has 1 fully saturated rings. The minimum atomic E-state index is -4.03. The van der Waals surface area contributed by atoms with Gasteiger partial charge >= 0.3 is 0 Å². The molecule has 0 aliphatic heterocycles. The van der Waals surface area contributed by atoms with Gasteiger partial charge in [-0.05, 0) is 12.8 Å². The second kappa shape index (κ2) is 3.08. The summed E-state index contributed by atoms with van der Waals surface area (Å²) in [6.45, 7) is 0. The highest BCUT2D eigenvalue weighted by Crippen LogP contribution is 2.23. The average Bonchev–Trinajstić information content (AvgIpc) is 1.86. The fraction of sp³-hybridized carbons (Fsp3) is 1.00. The number of hydrogen-bond donors (Lipinski definition) is 2. The molecule has 1 saturated carbocycles. The van der Waals surface area contributed by atoms with E-state index in [-0.39, 0.29) is 0 Å². The summed E-state index contributed by atoms with van der Waals surface area (Å²) in [5.41, 5.74) is 0. The first-order valence-electron chi connectivity index (χ1n) is 3.66. The minimum Gasteiger partial charge on any atom is -0.392 e. The van der Waals surface area contributed by atoms with Crippen molar-refractivity contribution in [3.05, 3.63) is 0 Å². The van der Waals surface area contributed by atoms with Crippen LogP contribution in [0.2, 0.25) is 0 Å². The second-order valence-corrected chi connectivity index (χ2v) is 4.54. The SMILES string of the molecule is O=S(=O)(O)[C@@H]1CCCC[C@@H]1O. The Morgan fingerprint density at radius 3 is 2.09 bits per heavy atom. The van der Waals surface area contributed by atoms with Crippen LogP contribution >= 0.6 is 0 Å². The van der Waals surface area contributed by atoms with Gasteiger partial charge < -0.3 is 5.11 Å². The largest absolute Gasteiger partial charge is 0.392 e. The molecule has 0 aromatic rings. The van der Waals surface area contributed by atoms with Gasteiger partial charge in [0.25, 0.3) is 10.1 Å².